The summed E-state index contributed by atoms with van der Waals surface area (Å²) in [4.78, 5) is 52.0. The zero-order chi connectivity index (χ0) is 21.5. The summed E-state index contributed by atoms with van der Waals surface area (Å²) in [5.74, 6) is -0.576. The highest BCUT2D eigenvalue weighted by Gasteiger charge is 2.53. The fraction of sp³-hybridized carbons (Fsp3) is 0.524. The summed E-state index contributed by atoms with van der Waals surface area (Å²) in [5, 5.41) is 3.56. The Morgan fingerprint density at radius 2 is 1.83 bits per heavy atom. The minimum Gasteiger partial charge on any atom is -0.497 e. The van der Waals surface area contributed by atoms with Gasteiger partial charge in [-0.2, -0.15) is 5.01 Å². The van der Waals surface area contributed by atoms with E-state index in [1.165, 1.54) is 4.90 Å². The van der Waals surface area contributed by atoms with E-state index in [0.29, 0.717) is 30.2 Å². The highest BCUT2D eigenvalue weighted by Crippen LogP contribution is 2.36. The summed E-state index contributed by atoms with van der Waals surface area (Å²) in [6.07, 6.45) is 2.85. The van der Waals surface area contributed by atoms with Crippen molar-refractivity contribution in [2.75, 3.05) is 18.6 Å². The molecule has 1 spiro atoms. The molecule has 1 aromatic carbocycles. The Kier molecular flexibility index (Phi) is 5.13. The minimum absolute atomic E-state index is 0.0180. The van der Waals surface area contributed by atoms with Crippen molar-refractivity contribution in [3.05, 3.63) is 24.3 Å². The standard InChI is InChI=1S/C21H26N4O5/c1-13-7-9-21(10-8-13)19(28)25(20(29)22-21)23-18(27)14-11-17(26)24(12-14)15-3-5-16(30-2)6-4-15/h3-6,13-14H,7-12H2,1-2H3,(H,22,29)(H,23,27). The molecular formula is C21H26N4O5. The number of carbonyl (C=O) groups excluding carboxylic acids is 4. The summed E-state index contributed by atoms with van der Waals surface area (Å²) in [6, 6.07) is 6.38. The van der Waals surface area contributed by atoms with Crippen LogP contribution in [0.2, 0.25) is 0 Å². The zero-order valence-corrected chi connectivity index (χ0v) is 17.1. The van der Waals surface area contributed by atoms with Crippen molar-refractivity contribution in [3.8, 4) is 5.75 Å². The summed E-state index contributed by atoms with van der Waals surface area (Å²) in [7, 11) is 1.56. The van der Waals surface area contributed by atoms with Crippen LogP contribution < -0.4 is 20.4 Å². The minimum atomic E-state index is -0.919. The van der Waals surface area contributed by atoms with Crippen LogP contribution in [0.5, 0.6) is 5.75 Å². The quantitative estimate of drug-likeness (QED) is 0.728. The number of imide groups is 1. The first-order valence-corrected chi connectivity index (χ1v) is 10.2. The number of rotatable bonds is 4. The number of amides is 5. The number of anilines is 1. The lowest BCUT2D eigenvalue weighted by molar-refractivity contribution is -0.141. The molecule has 1 saturated carbocycles. The molecule has 5 amide bonds. The summed E-state index contributed by atoms with van der Waals surface area (Å²) < 4.78 is 5.12. The number of hydrogen-bond donors (Lipinski definition) is 2. The molecule has 160 valence electrons. The maximum absolute atomic E-state index is 12.9. The van der Waals surface area contributed by atoms with Crippen LogP contribution in [-0.2, 0) is 14.4 Å². The van der Waals surface area contributed by atoms with Gasteiger partial charge in [0.05, 0.1) is 13.0 Å². The van der Waals surface area contributed by atoms with E-state index in [1.807, 2.05) is 0 Å². The summed E-state index contributed by atoms with van der Waals surface area (Å²) in [6.45, 7) is 2.31. The summed E-state index contributed by atoms with van der Waals surface area (Å²) >= 11 is 0. The van der Waals surface area contributed by atoms with Gasteiger partial charge in [0.2, 0.25) is 11.8 Å². The molecule has 9 nitrogen and oxygen atoms in total. The fourth-order valence-corrected chi connectivity index (χ4v) is 4.41. The fourth-order valence-electron chi connectivity index (χ4n) is 4.41. The Morgan fingerprint density at radius 3 is 2.47 bits per heavy atom. The first kappa shape index (κ1) is 20.2. The van der Waals surface area contributed by atoms with Gasteiger partial charge >= 0.3 is 6.03 Å². The summed E-state index contributed by atoms with van der Waals surface area (Å²) in [5.41, 5.74) is 2.20. The Labute approximate surface area is 174 Å². The van der Waals surface area contributed by atoms with Gasteiger partial charge in [-0.15, -0.1) is 0 Å². The number of nitrogens with one attached hydrogen (secondary N) is 2. The van der Waals surface area contributed by atoms with Crippen molar-refractivity contribution in [2.24, 2.45) is 11.8 Å². The number of hydrazine groups is 1. The maximum Gasteiger partial charge on any atom is 0.344 e. The maximum atomic E-state index is 12.9. The molecule has 0 aromatic heterocycles. The average molecular weight is 414 g/mol. The van der Waals surface area contributed by atoms with Crippen molar-refractivity contribution in [1.29, 1.82) is 0 Å². The second kappa shape index (κ2) is 7.62. The molecule has 1 aromatic rings. The van der Waals surface area contributed by atoms with Crippen LogP contribution in [0.4, 0.5) is 10.5 Å². The van der Waals surface area contributed by atoms with Crippen LogP contribution in [0.1, 0.15) is 39.0 Å². The number of nitrogens with zero attached hydrogens (tertiary/aromatic N) is 2. The molecule has 1 atom stereocenters. The number of benzene rings is 1. The normalized spacial score (nSPS) is 28.8. The van der Waals surface area contributed by atoms with E-state index >= 15 is 0 Å². The van der Waals surface area contributed by atoms with Gasteiger partial charge in [-0.3, -0.25) is 19.8 Å². The number of ether oxygens (including phenoxy) is 1. The third-order valence-corrected chi connectivity index (χ3v) is 6.39. The Balaban J connectivity index is 1.41. The molecule has 1 unspecified atom stereocenters. The third kappa shape index (κ3) is 3.48. The van der Waals surface area contributed by atoms with E-state index in [0.717, 1.165) is 17.9 Å². The molecule has 4 rings (SSSR count). The average Bonchev–Trinajstić information content (AvgIpc) is 3.24. The lowest BCUT2D eigenvalue weighted by Gasteiger charge is -2.33. The highest BCUT2D eigenvalue weighted by atomic mass is 16.5. The van der Waals surface area contributed by atoms with E-state index in [2.05, 4.69) is 17.7 Å². The monoisotopic (exact) mass is 414 g/mol. The van der Waals surface area contributed by atoms with Crippen LogP contribution in [-0.4, -0.2) is 48.0 Å². The smallest absolute Gasteiger partial charge is 0.344 e. The van der Waals surface area contributed by atoms with Crippen molar-refractivity contribution in [2.45, 2.75) is 44.6 Å². The van der Waals surface area contributed by atoms with Crippen molar-refractivity contribution < 1.29 is 23.9 Å². The van der Waals surface area contributed by atoms with Gasteiger partial charge in [-0.05, 0) is 55.9 Å². The van der Waals surface area contributed by atoms with Crippen molar-refractivity contribution >= 4 is 29.4 Å². The lowest BCUT2D eigenvalue weighted by Crippen LogP contribution is -2.52. The molecular weight excluding hydrogens is 388 g/mol. The highest BCUT2D eigenvalue weighted by molar-refractivity contribution is 6.08. The van der Waals surface area contributed by atoms with Crippen LogP contribution in [0.3, 0.4) is 0 Å². The van der Waals surface area contributed by atoms with Crippen LogP contribution in [0, 0.1) is 11.8 Å². The second-order valence-corrected chi connectivity index (χ2v) is 8.41. The number of carbonyl (C=O) groups is 4. The van der Waals surface area contributed by atoms with Gasteiger partial charge in [0, 0.05) is 18.7 Å². The van der Waals surface area contributed by atoms with E-state index in [4.69, 9.17) is 4.74 Å². The van der Waals surface area contributed by atoms with Gasteiger partial charge in [0.25, 0.3) is 5.91 Å². The third-order valence-electron chi connectivity index (χ3n) is 6.39. The molecule has 2 aliphatic heterocycles. The Bertz CT molecular complexity index is 876. The predicted molar refractivity (Wildman–Crippen MR) is 107 cm³/mol. The predicted octanol–water partition coefficient (Wildman–Crippen LogP) is 1.58. The molecule has 9 heteroatoms. The van der Waals surface area contributed by atoms with Gasteiger partial charge in [-0.25, -0.2) is 4.79 Å². The first-order chi connectivity index (χ1) is 14.3. The van der Waals surface area contributed by atoms with Crippen molar-refractivity contribution in [3.63, 3.8) is 0 Å². The van der Waals surface area contributed by atoms with Crippen molar-refractivity contribution in [1.82, 2.24) is 15.8 Å². The van der Waals surface area contributed by atoms with Crippen LogP contribution in [0.25, 0.3) is 0 Å². The Hall–Kier alpha value is -3.10. The van der Waals surface area contributed by atoms with Crippen LogP contribution in [0.15, 0.2) is 24.3 Å². The molecule has 30 heavy (non-hydrogen) atoms. The molecule has 1 aliphatic carbocycles. The molecule has 3 aliphatic rings. The zero-order valence-electron chi connectivity index (χ0n) is 17.1. The molecule has 0 radical (unpaired) electrons. The molecule has 2 heterocycles. The van der Waals surface area contributed by atoms with Gasteiger partial charge in [0.15, 0.2) is 0 Å². The Morgan fingerprint density at radius 1 is 1.17 bits per heavy atom. The largest absolute Gasteiger partial charge is 0.497 e. The second-order valence-electron chi connectivity index (χ2n) is 8.41. The molecule has 0 bridgehead atoms. The first-order valence-electron chi connectivity index (χ1n) is 10.2. The van der Waals surface area contributed by atoms with E-state index in [9.17, 15) is 19.2 Å². The lowest BCUT2D eigenvalue weighted by atomic mass is 9.77. The van der Waals surface area contributed by atoms with E-state index in [1.54, 1.807) is 31.4 Å². The molecule has 2 N–H and O–H groups in total. The molecule has 3 fully saturated rings. The number of hydrogen-bond acceptors (Lipinski definition) is 5. The van der Waals surface area contributed by atoms with Gasteiger partial charge < -0.3 is 15.0 Å². The SMILES string of the molecule is COc1ccc(N2CC(C(=O)NN3C(=O)NC4(CCC(C)CC4)C3=O)CC2=O)cc1. The van der Waals surface area contributed by atoms with Gasteiger partial charge in [0.1, 0.15) is 11.3 Å². The van der Waals surface area contributed by atoms with Crippen LogP contribution >= 0.6 is 0 Å². The van der Waals surface area contributed by atoms with E-state index < -0.39 is 29.3 Å². The van der Waals surface area contributed by atoms with E-state index in [-0.39, 0.29) is 18.9 Å². The molecule has 2 saturated heterocycles. The number of urea groups is 1. The van der Waals surface area contributed by atoms with Gasteiger partial charge in [-0.1, -0.05) is 6.92 Å². The topological polar surface area (TPSA) is 108 Å². The number of methoxy groups -OCH3 is 1.